The van der Waals surface area contributed by atoms with Crippen molar-refractivity contribution >= 4 is 5.96 Å². The minimum atomic E-state index is -0.876. The Morgan fingerprint density at radius 3 is 2.54 bits per heavy atom. The number of aromatic nitrogens is 1. The minimum absolute atomic E-state index is 0.182. The van der Waals surface area contributed by atoms with E-state index in [0.717, 1.165) is 11.1 Å². The topological polar surface area (TPSA) is 74.7 Å². The summed E-state index contributed by atoms with van der Waals surface area (Å²) in [6.07, 6.45) is 3.27. The van der Waals surface area contributed by atoms with E-state index in [4.69, 9.17) is 10.7 Å². The first-order chi connectivity index (χ1) is 13.5. The van der Waals surface area contributed by atoms with Crippen molar-refractivity contribution in [1.29, 1.82) is 0 Å². The van der Waals surface area contributed by atoms with E-state index < -0.39 is 5.54 Å². The first-order valence-electron chi connectivity index (χ1n) is 8.89. The van der Waals surface area contributed by atoms with Crippen LogP contribution in [0.2, 0.25) is 0 Å². The average molecular weight is 378 g/mol. The normalized spacial score (nSPS) is 13.8. The standard InChI is InChI=1S/C22H23FN4O/c1-22(17-8-4-3-5-9-17,26-21(24)27(2)15-28)18-10-11-20(23)19(13-18)16-7-6-12-25-14-16/h3-14,28H,15H2,1-2H3,(H2,24,26). The number of rotatable bonds is 5. The van der Waals surface area contributed by atoms with E-state index in [9.17, 15) is 9.50 Å². The quantitative estimate of drug-likeness (QED) is 0.406. The summed E-state index contributed by atoms with van der Waals surface area (Å²) >= 11 is 0. The molecule has 1 atom stereocenters. The lowest BCUT2D eigenvalue weighted by molar-refractivity contribution is 0.189. The maximum absolute atomic E-state index is 14.6. The van der Waals surface area contributed by atoms with Gasteiger partial charge in [-0.3, -0.25) is 4.98 Å². The first-order valence-corrected chi connectivity index (χ1v) is 8.89. The molecule has 0 spiro atoms. The molecule has 1 heterocycles. The zero-order chi connectivity index (χ0) is 20.1. The molecule has 1 unspecified atom stereocenters. The molecule has 3 aromatic rings. The van der Waals surface area contributed by atoms with Gasteiger partial charge in [0.1, 0.15) is 18.1 Å². The van der Waals surface area contributed by atoms with Crippen molar-refractivity contribution in [3.8, 4) is 11.1 Å². The smallest absolute Gasteiger partial charge is 0.194 e. The lowest BCUT2D eigenvalue weighted by atomic mass is 9.84. The number of aliphatic imine (C=N–C) groups is 1. The van der Waals surface area contributed by atoms with Crippen molar-refractivity contribution < 1.29 is 9.50 Å². The maximum atomic E-state index is 14.6. The van der Waals surface area contributed by atoms with Gasteiger partial charge in [-0.15, -0.1) is 0 Å². The number of pyridine rings is 1. The third kappa shape index (κ3) is 3.87. The highest BCUT2D eigenvalue weighted by Crippen LogP contribution is 2.36. The molecule has 5 nitrogen and oxygen atoms in total. The molecule has 0 radical (unpaired) electrons. The Hall–Kier alpha value is -3.25. The third-order valence-electron chi connectivity index (χ3n) is 4.78. The fraction of sp³-hybridized carbons (Fsp3) is 0.182. The van der Waals surface area contributed by atoms with Crippen LogP contribution in [0, 0.1) is 5.82 Å². The summed E-state index contributed by atoms with van der Waals surface area (Å²) in [5.74, 6) is -0.155. The molecule has 1 aromatic heterocycles. The van der Waals surface area contributed by atoms with E-state index in [0.29, 0.717) is 11.1 Å². The molecule has 28 heavy (non-hydrogen) atoms. The molecule has 3 N–H and O–H groups in total. The summed E-state index contributed by atoms with van der Waals surface area (Å²) in [7, 11) is 1.65. The number of guanidine groups is 1. The predicted octanol–water partition coefficient (Wildman–Crippen LogP) is 3.35. The molecule has 2 aromatic carbocycles. The summed E-state index contributed by atoms with van der Waals surface area (Å²) in [5, 5.41) is 9.38. The number of nitrogens with two attached hydrogens (primary N) is 1. The first kappa shape index (κ1) is 19.5. The largest absolute Gasteiger partial charge is 0.376 e. The molecular weight excluding hydrogens is 355 g/mol. The van der Waals surface area contributed by atoms with Crippen LogP contribution in [0.3, 0.4) is 0 Å². The summed E-state index contributed by atoms with van der Waals surface area (Å²) in [4.78, 5) is 10.2. The van der Waals surface area contributed by atoms with Gasteiger partial charge in [0, 0.05) is 30.6 Å². The van der Waals surface area contributed by atoms with Crippen LogP contribution < -0.4 is 5.73 Å². The van der Waals surface area contributed by atoms with Crippen molar-refractivity contribution in [1.82, 2.24) is 9.88 Å². The van der Waals surface area contributed by atoms with E-state index >= 15 is 0 Å². The zero-order valence-corrected chi connectivity index (χ0v) is 15.9. The molecule has 0 amide bonds. The molecule has 0 fully saturated rings. The molecule has 0 saturated heterocycles. The second-order valence-electron chi connectivity index (χ2n) is 6.68. The van der Waals surface area contributed by atoms with Crippen molar-refractivity contribution in [3.05, 3.63) is 90.0 Å². The van der Waals surface area contributed by atoms with E-state index in [-0.39, 0.29) is 18.5 Å². The molecule has 0 bridgehead atoms. The summed E-state index contributed by atoms with van der Waals surface area (Å²) in [6, 6.07) is 18.1. The molecular formula is C22H23FN4O. The summed E-state index contributed by atoms with van der Waals surface area (Å²) in [6.45, 7) is 1.66. The Bertz CT molecular complexity index is 963. The van der Waals surface area contributed by atoms with Gasteiger partial charge < -0.3 is 15.7 Å². The molecule has 0 aliphatic heterocycles. The third-order valence-corrected chi connectivity index (χ3v) is 4.78. The van der Waals surface area contributed by atoms with Crippen LogP contribution in [0.25, 0.3) is 11.1 Å². The Morgan fingerprint density at radius 1 is 1.14 bits per heavy atom. The molecule has 0 saturated carbocycles. The molecule has 0 aliphatic carbocycles. The second kappa shape index (κ2) is 8.19. The summed E-state index contributed by atoms with van der Waals surface area (Å²) < 4.78 is 14.6. The lowest BCUT2D eigenvalue weighted by Crippen LogP contribution is -2.38. The van der Waals surface area contributed by atoms with Crippen molar-refractivity contribution in [3.63, 3.8) is 0 Å². The molecule has 0 aliphatic rings. The maximum Gasteiger partial charge on any atom is 0.194 e. The van der Waals surface area contributed by atoms with Crippen LogP contribution in [0.4, 0.5) is 4.39 Å². The van der Waals surface area contributed by atoms with Gasteiger partial charge in [0.25, 0.3) is 0 Å². The Balaban J connectivity index is 2.19. The van der Waals surface area contributed by atoms with Crippen LogP contribution >= 0.6 is 0 Å². The van der Waals surface area contributed by atoms with Crippen molar-refractivity contribution in [2.75, 3.05) is 13.8 Å². The highest BCUT2D eigenvalue weighted by Gasteiger charge is 2.30. The van der Waals surface area contributed by atoms with Gasteiger partial charge in [-0.05, 0) is 36.2 Å². The molecule has 144 valence electrons. The SMILES string of the molecule is CN(CO)C(N)=NC(C)(c1ccccc1)c1ccc(F)c(-c2cccnc2)c1. The van der Waals surface area contributed by atoms with Crippen LogP contribution in [-0.4, -0.2) is 34.7 Å². The van der Waals surface area contributed by atoms with Gasteiger partial charge in [-0.1, -0.05) is 42.5 Å². The van der Waals surface area contributed by atoms with Gasteiger partial charge in [0.2, 0.25) is 0 Å². The van der Waals surface area contributed by atoms with E-state index in [1.54, 1.807) is 37.6 Å². The average Bonchev–Trinajstić information content (AvgIpc) is 2.74. The van der Waals surface area contributed by atoms with E-state index in [1.807, 2.05) is 43.3 Å². The highest BCUT2D eigenvalue weighted by atomic mass is 19.1. The fourth-order valence-corrected chi connectivity index (χ4v) is 3.02. The van der Waals surface area contributed by atoms with Gasteiger partial charge >= 0.3 is 0 Å². The monoisotopic (exact) mass is 378 g/mol. The molecule has 3 rings (SSSR count). The number of aliphatic hydroxyl groups excluding tert-OH is 1. The highest BCUT2D eigenvalue weighted by molar-refractivity contribution is 5.79. The number of halogens is 1. The fourth-order valence-electron chi connectivity index (χ4n) is 3.02. The van der Waals surface area contributed by atoms with Crippen LogP contribution in [0.15, 0.2) is 78.0 Å². The number of hydrogen-bond donors (Lipinski definition) is 2. The van der Waals surface area contributed by atoms with Crippen molar-refractivity contribution in [2.45, 2.75) is 12.5 Å². The Kier molecular flexibility index (Phi) is 5.70. The van der Waals surface area contributed by atoms with Crippen molar-refractivity contribution in [2.24, 2.45) is 10.7 Å². The lowest BCUT2D eigenvalue weighted by Gasteiger charge is -2.29. The summed E-state index contributed by atoms with van der Waals surface area (Å²) in [5.41, 5.74) is 8.02. The minimum Gasteiger partial charge on any atom is -0.376 e. The van der Waals surface area contributed by atoms with E-state index in [2.05, 4.69) is 4.98 Å². The van der Waals surface area contributed by atoms with E-state index in [1.165, 1.54) is 11.0 Å². The van der Waals surface area contributed by atoms with Crippen LogP contribution in [0.1, 0.15) is 18.1 Å². The van der Waals surface area contributed by atoms with Crippen LogP contribution in [0.5, 0.6) is 0 Å². The van der Waals surface area contributed by atoms with Gasteiger partial charge in [0.05, 0.1) is 0 Å². The predicted molar refractivity (Wildman–Crippen MR) is 109 cm³/mol. The number of benzene rings is 2. The van der Waals surface area contributed by atoms with Gasteiger partial charge in [-0.2, -0.15) is 0 Å². The zero-order valence-electron chi connectivity index (χ0n) is 15.9. The van der Waals surface area contributed by atoms with Gasteiger partial charge in [-0.25, -0.2) is 9.38 Å². The number of nitrogens with zero attached hydrogens (tertiary/aromatic N) is 3. The number of hydrogen-bond acceptors (Lipinski definition) is 3. The second-order valence-corrected chi connectivity index (χ2v) is 6.68. The number of aliphatic hydroxyl groups is 1. The Morgan fingerprint density at radius 2 is 1.89 bits per heavy atom. The molecule has 6 heteroatoms. The van der Waals surface area contributed by atoms with Gasteiger partial charge in [0.15, 0.2) is 5.96 Å². The Labute approximate surface area is 164 Å². The van der Waals surface area contributed by atoms with Crippen LogP contribution in [-0.2, 0) is 5.54 Å².